The average Bonchev–Trinajstić information content (AvgIpc) is 2.74. The van der Waals surface area contributed by atoms with Crippen molar-refractivity contribution in [3.63, 3.8) is 0 Å². The molecule has 3 rings (SSSR count). The summed E-state index contributed by atoms with van der Waals surface area (Å²) >= 11 is 0. The molecule has 0 bridgehead atoms. The van der Waals surface area contributed by atoms with E-state index in [0.717, 1.165) is 18.6 Å². The van der Waals surface area contributed by atoms with Gasteiger partial charge in [-0.3, -0.25) is 9.59 Å². The van der Waals surface area contributed by atoms with Crippen LogP contribution in [-0.4, -0.2) is 43.0 Å². The van der Waals surface area contributed by atoms with Crippen LogP contribution in [0, 0.1) is 11.7 Å². The second-order valence-electron chi connectivity index (χ2n) is 6.90. The van der Waals surface area contributed by atoms with E-state index in [1.165, 1.54) is 24.3 Å². The normalized spacial score (nSPS) is 16.5. The Morgan fingerprint density at radius 1 is 1.11 bits per heavy atom. The van der Waals surface area contributed by atoms with Crippen LogP contribution in [0.5, 0.6) is 5.75 Å². The van der Waals surface area contributed by atoms with Crippen LogP contribution in [0.3, 0.4) is 0 Å². The van der Waals surface area contributed by atoms with Gasteiger partial charge in [0.05, 0.1) is 12.5 Å². The maximum absolute atomic E-state index is 13.0. The van der Waals surface area contributed by atoms with E-state index in [1.54, 1.807) is 4.90 Å². The molecular formula is C22H25FN2O3. The molecule has 6 heteroatoms. The van der Waals surface area contributed by atoms with Crippen molar-refractivity contribution in [1.29, 1.82) is 0 Å². The van der Waals surface area contributed by atoms with Gasteiger partial charge in [0.25, 0.3) is 5.91 Å². The van der Waals surface area contributed by atoms with Gasteiger partial charge in [0.15, 0.2) is 0 Å². The van der Waals surface area contributed by atoms with Crippen LogP contribution >= 0.6 is 0 Å². The molecule has 5 nitrogen and oxygen atoms in total. The lowest BCUT2D eigenvalue weighted by Gasteiger charge is -2.32. The standard InChI is InChI=1S/C22H25FN2O3/c23-19-11-9-17(10-12-19)22(27)25-14-4-6-18(16-25)21(26)24-13-5-15-28-20-7-2-1-3-8-20/h1-3,7-12,18H,4-6,13-16H2,(H,24,26). The Kier molecular flexibility index (Phi) is 7.00. The summed E-state index contributed by atoms with van der Waals surface area (Å²) in [5.74, 6) is 0.0398. The fourth-order valence-corrected chi connectivity index (χ4v) is 3.29. The first-order valence-electron chi connectivity index (χ1n) is 9.64. The SMILES string of the molecule is O=C(NCCCOc1ccccc1)C1CCCN(C(=O)c2ccc(F)cc2)C1. The summed E-state index contributed by atoms with van der Waals surface area (Å²) in [6.07, 6.45) is 2.26. The molecule has 0 spiro atoms. The van der Waals surface area contributed by atoms with Gasteiger partial charge in [-0.05, 0) is 55.7 Å². The smallest absolute Gasteiger partial charge is 0.253 e. The quantitative estimate of drug-likeness (QED) is 0.746. The van der Waals surface area contributed by atoms with Crippen molar-refractivity contribution >= 4 is 11.8 Å². The fraction of sp³-hybridized carbons (Fsp3) is 0.364. The molecule has 1 aliphatic heterocycles. The largest absolute Gasteiger partial charge is 0.494 e. The van der Waals surface area contributed by atoms with E-state index in [4.69, 9.17) is 4.74 Å². The molecule has 1 saturated heterocycles. The van der Waals surface area contributed by atoms with E-state index in [2.05, 4.69) is 5.32 Å². The number of para-hydroxylation sites is 1. The molecule has 1 fully saturated rings. The van der Waals surface area contributed by atoms with Gasteiger partial charge in [-0.15, -0.1) is 0 Å². The number of benzene rings is 2. The molecule has 0 saturated carbocycles. The highest BCUT2D eigenvalue weighted by Crippen LogP contribution is 2.19. The number of nitrogens with zero attached hydrogens (tertiary/aromatic N) is 1. The number of carbonyl (C=O) groups is 2. The molecule has 0 aromatic heterocycles. The molecule has 2 aromatic carbocycles. The van der Waals surface area contributed by atoms with Crippen LogP contribution < -0.4 is 10.1 Å². The van der Waals surface area contributed by atoms with Gasteiger partial charge >= 0.3 is 0 Å². The molecule has 1 heterocycles. The molecule has 1 atom stereocenters. The summed E-state index contributed by atoms with van der Waals surface area (Å²) in [6, 6.07) is 15.1. The minimum Gasteiger partial charge on any atom is -0.494 e. The van der Waals surface area contributed by atoms with Gasteiger partial charge < -0.3 is 15.0 Å². The zero-order valence-corrected chi connectivity index (χ0v) is 15.8. The number of hydrogen-bond donors (Lipinski definition) is 1. The molecule has 1 N–H and O–H groups in total. The topological polar surface area (TPSA) is 58.6 Å². The Morgan fingerprint density at radius 3 is 2.61 bits per heavy atom. The van der Waals surface area contributed by atoms with Gasteiger partial charge in [-0.1, -0.05) is 18.2 Å². The molecular weight excluding hydrogens is 359 g/mol. The number of nitrogens with one attached hydrogen (secondary N) is 1. The van der Waals surface area contributed by atoms with Crippen molar-refractivity contribution in [2.24, 2.45) is 5.92 Å². The van der Waals surface area contributed by atoms with Crippen LogP contribution in [0.25, 0.3) is 0 Å². The third-order valence-electron chi connectivity index (χ3n) is 4.80. The van der Waals surface area contributed by atoms with Crippen molar-refractivity contribution in [2.75, 3.05) is 26.2 Å². The summed E-state index contributed by atoms with van der Waals surface area (Å²) in [4.78, 5) is 26.7. The Labute approximate surface area is 164 Å². The van der Waals surface area contributed by atoms with Gasteiger partial charge in [0.1, 0.15) is 11.6 Å². The van der Waals surface area contributed by atoms with Crippen molar-refractivity contribution in [1.82, 2.24) is 10.2 Å². The van der Waals surface area contributed by atoms with Crippen LogP contribution in [-0.2, 0) is 4.79 Å². The highest BCUT2D eigenvalue weighted by Gasteiger charge is 2.28. The number of hydrogen-bond acceptors (Lipinski definition) is 3. The monoisotopic (exact) mass is 384 g/mol. The molecule has 1 unspecified atom stereocenters. The Morgan fingerprint density at radius 2 is 1.86 bits per heavy atom. The zero-order chi connectivity index (χ0) is 19.8. The summed E-state index contributed by atoms with van der Waals surface area (Å²) in [5.41, 5.74) is 0.445. The minimum atomic E-state index is -0.372. The first-order chi connectivity index (χ1) is 13.6. The van der Waals surface area contributed by atoms with E-state index in [1.807, 2.05) is 30.3 Å². The van der Waals surface area contributed by atoms with E-state index in [9.17, 15) is 14.0 Å². The molecule has 2 aromatic rings. The first kappa shape index (κ1) is 19.9. The van der Waals surface area contributed by atoms with Crippen LogP contribution in [0.2, 0.25) is 0 Å². The third kappa shape index (κ3) is 5.55. The Bertz CT molecular complexity index is 780. The number of piperidine rings is 1. The second-order valence-corrected chi connectivity index (χ2v) is 6.90. The summed E-state index contributed by atoms with van der Waals surface area (Å²) in [7, 11) is 0. The lowest BCUT2D eigenvalue weighted by atomic mass is 9.96. The summed E-state index contributed by atoms with van der Waals surface area (Å²) in [5, 5.41) is 2.94. The number of rotatable bonds is 7. The van der Waals surface area contributed by atoms with Crippen molar-refractivity contribution in [3.05, 3.63) is 66.0 Å². The number of amides is 2. The lowest BCUT2D eigenvalue weighted by Crippen LogP contribution is -2.45. The van der Waals surface area contributed by atoms with Crippen LogP contribution in [0.4, 0.5) is 4.39 Å². The van der Waals surface area contributed by atoms with Crippen molar-refractivity contribution in [3.8, 4) is 5.75 Å². The lowest BCUT2D eigenvalue weighted by molar-refractivity contribution is -0.126. The average molecular weight is 384 g/mol. The van der Waals surface area contributed by atoms with Crippen LogP contribution in [0.15, 0.2) is 54.6 Å². The molecule has 1 aliphatic rings. The van der Waals surface area contributed by atoms with Crippen molar-refractivity contribution in [2.45, 2.75) is 19.3 Å². The predicted octanol–water partition coefficient (Wildman–Crippen LogP) is 3.26. The minimum absolute atomic E-state index is 0.0312. The Hall–Kier alpha value is -2.89. The summed E-state index contributed by atoms with van der Waals surface area (Å²) in [6.45, 7) is 2.08. The number of halogens is 1. The van der Waals surface area contributed by atoms with E-state index in [-0.39, 0.29) is 23.5 Å². The van der Waals surface area contributed by atoms with Gasteiger partial charge in [-0.25, -0.2) is 4.39 Å². The van der Waals surface area contributed by atoms with E-state index < -0.39 is 0 Å². The molecule has 2 amide bonds. The second kappa shape index (κ2) is 9.88. The van der Waals surface area contributed by atoms with Gasteiger partial charge in [-0.2, -0.15) is 0 Å². The number of likely N-dealkylation sites (tertiary alicyclic amines) is 1. The molecule has 0 aliphatic carbocycles. The Balaban J connectivity index is 1.41. The zero-order valence-electron chi connectivity index (χ0n) is 15.8. The van der Waals surface area contributed by atoms with Crippen LogP contribution in [0.1, 0.15) is 29.6 Å². The fourth-order valence-electron chi connectivity index (χ4n) is 3.29. The number of ether oxygens (including phenoxy) is 1. The first-order valence-corrected chi connectivity index (χ1v) is 9.64. The van der Waals surface area contributed by atoms with Crippen molar-refractivity contribution < 1.29 is 18.7 Å². The van der Waals surface area contributed by atoms with Gasteiger partial charge in [0, 0.05) is 25.2 Å². The number of carbonyl (C=O) groups excluding carboxylic acids is 2. The third-order valence-corrected chi connectivity index (χ3v) is 4.80. The molecule has 0 radical (unpaired) electrons. The molecule has 148 valence electrons. The summed E-state index contributed by atoms with van der Waals surface area (Å²) < 4.78 is 18.7. The maximum atomic E-state index is 13.0. The predicted molar refractivity (Wildman–Crippen MR) is 105 cm³/mol. The van der Waals surface area contributed by atoms with E-state index in [0.29, 0.717) is 38.2 Å². The highest BCUT2D eigenvalue weighted by molar-refractivity contribution is 5.94. The maximum Gasteiger partial charge on any atom is 0.253 e. The molecule has 28 heavy (non-hydrogen) atoms. The highest BCUT2D eigenvalue weighted by atomic mass is 19.1. The van der Waals surface area contributed by atoms with Gasteiger partial charge in [0.2, 0.25) is 5.91 Å². The van der Waals surface area contributed by atoms with E-state index >= 15 is 0 Å².